The zero-order valence-corrected chi connectivity index (χ0v) is 17.3. The molecule has 0 bridgehead atoms. The Morgan fingerprint density at radius 3 is 2.48 bits per heavy atom. The number of hydrogen-bond donors (Lipinski definition) is 0. The number of amides is 1. The van der Waals surface area contributed by atoms with Crippen LogP contribution in [-0.4, -0.2) is 38.3 Å². The summed E-state index contributed by atoms with van der Waals surface area (Å²) in [5.74, 6) is -0.174. The largest absolute Gasteiger partial charge is 0.308 e. The third-order valence-corrected chi connectivity index (χ3v) is 7.81. The van der Waals surface area contributed by atoms with Gasteiger partial charge < -0.3 is 4.90 Å². The van der Waals surface area contributed by atoms with E-state index in [9.17, 15) is 13.2 Å². The molecule has 0 spiro atoms. The first kappa shape index (κ1) is 18.7. The summed E-state index contributed by atoms with van der Waals surface area (Å²) in [4.78, 5) is 15.2. The second kappa shape index (κ2) is 7.37. The molecule has 0 aliphatic carbocycles. The van der Waals surface area contributed by atoms with Crippen molar-refractivity contribution in [3.63, 3.8) is 0 Å². The van der Waals surface area contributed by atoms with E-state index in [4.69, 9.17) is 0 Å². The number of aryl methyl sites for hydroxylation is 1. The highest BCUT2D eigenvalue weighted by Gasteiger charge is 2.30. The average molecular weight is 449 g/mol. The van der Waals surface area contributed by atoms with Crippen molar-refractivity contribution >= 4 is 37.5 Å². The van der Waals surface area contributed by atoms with Crippen LogP contribution in [0.25, 0.3) is 0 Å². The summed E-state index contributed by atoms with van der Waals surface area (Å²) in [6.07, 6.45) is 3.61. The van der Waals surface area contributed by atoms with Crippen LogP contribution in [0.3, 0.4) is 0 Å². The van der Waals surface area contributed by atoms with Crippen molar-refractivity contribution in [2.75, 3.05) is 24.5 Å². The molecule has 4 rings (SSSR count). The number of benzene rings is 2. The molecule has 142 valence electrons. The van der Waals surface area contributed by atoms with Crippen molar-refractivity contribution in [3.05, 3.63) is 58.1 Å². The van der Waals surface area contributed by atoms with E-state index in [1.807, 2.05) is 24.3 Å². The fourth-order valence-electron chi connectivity index (χ4n) is 3.80. The van der Waals surface area contributed by atoms with Gasteiger partial charge in [0.05, 0.1) is 10.5 Å². The van der Waals surface area contributed by atoms with Gasteiger partial charge in [0.15, 0.2) is 0 Å². The molecule has 0 aromatic heterocycles. The van der Waals surface area contributed by atoms with E-state index >= 15 is 0 Å². The minimum atomic E-state index is -3.56. The Morgan fingerprint density at radius 1 is 0.963 bits per heavy atom. The van der Waals surface area contributed by atoms with Crippen LogP contribution in [0.1, 0.15) is 35.2 Å². The normalized spacial score (nSPS) is 17.7. The van der Waals surface area contributed by atoms with Crippen LogP contribution in [0, 0.1) is 0 Å². The summed E-state index contributed by atoms with van der Waals surface area (Å²) in [5, 5.41) is 0. The molecule has 1 fully saturated rings. The Labute approximate surface area is 168 Å². The molecule has 5 nitrogen and oxygen atoms in total. The smallest absolute Gasteiger partial charge is 0.259 e. The molecule has 1 amide bonds. The number of fused-ring (bicyclic) bond motifs is 1. The van der Waals surface area contributed by atoms with Gasteiger partial charge >= 0.3 is 0 Å². The van der Waals surface area contributed by atoms with Crippen molar-refractivity contribution < 1.29 is 13.2 Å². The lowest BCUT2D eigenvalue weighted by molar-refractivity contribution is 0.0984. The predicted molar refractivity (Wildman–Crippen MR) is 109 cm³/mol. The molecule has 0 unspecified atom stereocenters. The Hall–Kier alpha value is -1.70. The number of para-hydroxylation sites is 1. The summed E-state index contributed by atoms with van der Waals surface area (Å²) in [5.41, 5.74) is 2.44. The van der Waals surface area contributed by atoms with E-state index < -0.39 is 10.0 Å². The fourth-order valence-corrected chi connectivity index (χ4v) is 5.76. The molecule has 2 aromatic rings. The Morgan fingerprint density at radius 2 is 1.70 bits per heavy atom. The van der Waals surface area contributed by atoms with Crippen molar-refractivity contribution in [2.45, 2.75) is 30.6 Å². The van der Waals surface area contributed by atoms with Gasteiger partial charge in [-0.25, -0.2) is 8.42 Å². The molecule has 0 radical (unpaired) electrons. The summed E-state index contributed by atoms with van der Waals surface area (Å²) in [6, 6.07) is 12.6. The number of carbonyl (C=O) groups excluding carboxylic acids is 1. The molecule has 27 heavy (non-hydrogen) atoms. The molecule has 0 saturated carbocycles. The molecule has 7 heteroatoms. The minimum absolute atomic E-state index is 0.174. The Balaban J connectivity index is 1.71. The van der Waals surface area contributed by atoms with Gasteiger partial charge in [-0.1, -0.05) is 18.2 Å². The molecular weight excluding hydrogens is 428 g/mol. The van der Waals surface area contributed by atoms with Gasteiger partial charge in [-0.05, 0) is 71.4 Å². The van der Waals surface area contributed by atoms with E-state index in [0.717, 1.165) is 36.9 Å². The quantitative estimate of drug-likeness (QED) is 0.716. The molecule has 1 saturated heterocycles. The van der Waals surface area contributed by atoms with E-state index in [1.54, 1.807) is 17.0 Å². The van der Waals surface area contributed by atoms with Crippen LogP contribution in [0.5, 0.6) is 0 Å². The summed E-state index contributed by atoms with van der Waals surface area (Å²) in [7, 11) is -3.56. The Bertz CT molecular complexity index is 984. The van der Waals surface area contributed by atoms with Gasteiger partial charge in [-0.15, -0.1) is 0 Å². The standard InChI is InChI=1S/C20H21BrN2O3S/c21-18-10-9-16(27(25,26)22-11-3-4-12-22)14-17(18)20(24)23-13-5-7-15-6-1-2-8-19(15)23/h1-2,6,8-10,14H,3-5,7,11-13H2. The number of sulfonamides is 1. The molecule has 2 heterocycles. The number of hydrogen-bond acceptors (Lipinski definition) is 3. The molecule has 0 N–H and O–H groups in total. The fraction of sp³-hybridized carbons (Fsp3) is 0.350. The number of rotatable bonds is 3. The van der Waals surface area contributed by atoms with Crippen molar-refractivity contribution in [1.82, 2.24) is 4.31 Å². The SMILES string of the molecule is O=C(c1cc(S(=O)(=O)N2CCCC2)ccc1Br)N1CCCc2ccccc21. The lowest BCUT2D eigenvalue weighted by Gasteiger charge is -2.30. The second-order valence-electron chi connectivity index (χ2n) is 6.94. The van der Waals surface area contributed by atoms with Crippen molar-refractivity contribution in [3.8, 4) is 0 Å². The van der Waals surface area contributed by atoms with Crippen LogP contribution in [0.4, 0.5) is 5.69 Å². The third-order valence-electron chi connectivity index (χ3n) is 5.23. The zero-order chi connectivity index (χ0) is 19.0. The lowest BCUT2D eigenvalue weighted by Crippen LogP contribution is -2.36. The minimum Gasteiger partial charge on any atom is -0.308 e. The van der Waals surface area contributed by atoms with Crippen LogP contribution < -0.4 is 4.90 Å². The van der Waals surface area contributed by atoms with E-state index in [0.29, 0.717) is 29.7 Å². The van der Waals surface area contributed by atoms with Gasteiger partial charge in [0.1, 0.15) is 0 Å². The molecule has 2 aliphatic heterocycles. The highest BCUT2D eigenvalue weighted by Crippen LogP contribution is 2.31. The number of halogens is 1. The molecule has 2 aromatic carbocycles. The van der Waals surface area contributed by atoms with Gasteiger partial charge in [0.2, 0.25) is 10.0 Å². The van der Waals surface area contributed by atoms with Gasteiger partial charge in [0.25, 0.3) is 5.91 Å². The number of nitrogens with zero attached hydrogens (tertiary/aromatic N) is 2. The molecular formula is C20H21BrN2O3S. The number of carbonyl (C=O) groups is 1. The van der Waals surface area contributed by atoms with E-state index in [2.05, 4.69) is 15.9 Å². The van der Waals surface area contributed by atoms with Crippen molar-refractivity contribution in [2.24, 2.45) is 0 Å². The maximum atomic E-state index is 13.3. The third kappa shape index (κ3) is 3.44. The highest BCUT2D eigenvalue weighted by molar-refractivity contribution is 9.10. The molecule has 0 atom stereocenters. The second-order valence-corrected chi connectivity index (χ2v) is 9.73. The van der Waals surface area contributed by atoms with E-state index in [1.165, 1.54) is 10.4 Å². The topological polar surface area (TPSA) is 57.7 Å². The highest BCUT2D eigenvalue weighted by atomic mass is 79.9. The van der Waals surface area contributed by atoms with Crippen molar-refractivity contribution in [1.29, 1.82) is 0 Å². The lowest BCUT2D eigenvalue weighted by atomic mass is 10.0. The van der Waals surface area contributed by atoms with Gasteiger partial charge in [0, 0.05) is 29.8 Å². The van der Waals surface area contributed by atoms with Crippen LogP contribution in [0.2, 0.25) is 0 Å². The molecule has 2 aliphatic rings. The summed E-state index contributed by atoms with van der Waals surface area (Å²) < 4.78 is 27.9. The maximum absolute atomic E-state index is 13.3. The summed E-state index contributed by atoms with van der Waals surface area (Å²) in [6.45, 7) is 1.72. The first-order valence-electron chi connectivity index (χ1n) is 9.18. The number of anilines is 1. The predicted octanol–water partition coefficient (Wildman–Crippen LogP) is 3.83. The summed E-state index contributed by atoms with van der Waals surface area (Å²) >= 11 is 3.43. The Kier molecular flexibility index (Phi) is 5.09. The van der Waals surface area contributed by atoms with Crippen LogP contribution in [0.15, 0.2) is 51.8 Å². The first-order valence-corrected chi connectivity index (χ1v) is 11.4. The van der Waals surface area contributed by atoms with E-state index in [-0.39, 0.29) is 10.8 Å². The van der Waals surface area contributed by atoms with Gasteiger partial charge in [-0.2, -0.15) is 4.31 Å². The first-order chi connectivity index (χ1) is 13.0. The van der Waals surface area contributed by atoms with Crippen LogP contribution >= 0.6 is 15.9 Å². The average Bonchev–Trinajstić information content (AvgIpc) is 3.23. The van der Waals surface area contributed by atoms with Gasteiger partial charge in [-0.3, -0.25) is 4.79 Å². The van der Waals surface area contributed by atoms with Crippen LogP contribution in [-0.2, 0) is 16.4 Å². The zero-order valence-electron chi connectivity index (χ0n) is 14.9. The maximum Gasteiger partial charge on any atom is 0.259 e. The monoisotopic (exact) mass is 448 g/mol.